The maximum atomic E-state index is 11.7. The Balaban J connectivity index is 2.09. The van der Waals surface area contributed by atoms with E-state index in [-0.39, 0.29) is 5.89 Å². The first-order chi connectivity index (χ1) is 10.5. The number of halogens is 1. The summed E-state index contributed by atoms with van der Waals surface area (Å²) in [6.07, 6.45) is 0. The monoisotopic (exact) mass is 317 g/mol. The summed E-state index contributed by atoms with van der Waals surface area (Å²) in [5.74, 6) is -0.869. The molecule has 0 bridgehead atoms. The molecule has 6 heteroatoms. The second-order valence-corrected chi connectivity index (χ2v) is 5.27. The molecule has 1 N–H and O–H groups in total. The number of para-hydroxylation sites is 2. The lowest BCUT2D eigenvalue weighted by Crippen LogP contribution is -2.38. The number of nitrogens with zero attached hydrogens (tertiary/aromatic N) is 1. The van der Waals surface area contributed by atoms with Gasteiger partial charge in [-0.05, 0) is 31.2 Å². The molecule has 0 radical (unpaired) electrons. The molecular weight excluding hydrogens is 306 g/mol. The third kappa shape index (κ3) is 2.40. The summed E-state index contributed by atoms with van der Waals surface area (Å²) >= 11 is 6.05. The molecule has 1 unspecified atom stereocenters. The number of carboxylic acid groups (broad SMARTS) is 1. The minimum Gasteiger partial charge on any atom is -0.478 e. The summed E-state index contributed by atoms with van der Waals surface area (Å²) in [7, 11) is 0. The van der Waals surface area contributed by atoms with Gasteiger partial charge in [0.2, 0.25) is 0 Å². The van der Waals surface area contributed by atoms with E-state index in [1.165, 1.54) is 6.92 Å². The SMILES string of the molecule is CC(Oc1ccccc1)(C(=O)O)c1nc2c(Cl)cccc2o1. The van der Waals surface area contributed by atoms with Crippen LogP contribution in [0.3, 0.4) is 0 Å². The maximum Gasteiger partial charge on any atom is 0.357 e. The number of aromatic nitrogens is 1. The number of aliphatic carboxylic acids is 1. The van der Waals surface area contributed by atoms with Crippen molar-refractivity contribution in [1.82, 2.24) is 4.98 Å². The molecule has 0 aliphatic carbocycles. The van der Waals surface area contributed by atoms with Gasteiger partial charge in [-0.1, -0.05) is 35.9 Å². The van der Waals surface area contributed by atoms with Gasteiger partial charge in [-0.2, -0.15) is 0 Å². The van der Waals surface area contributed by atoms with Crippen molar-refractivity contribution in [1.29, 1.82) is 0 Å². The van der Waals surface area contributed by atoms with Gasteiger partial charge in [-0.3, -0.25) is 0 Å². The molecule has 3 rings (SSSR count). The highest BCUT2D eigenvalue weighted by atomic mass is 35.5. The molecule has 0 aliphatic heterocycles. The Hall–Kier alpha value is -2.53. The van der Waals surface area contributed by atoms with Gasteiger partial charge in [-0.15, -0.1) is 0 Å². The van der Waals surface area contributed by atoms with Gasteiger partial charge < -0.3 is 14.3 Å². The Morgan fingerprint density at radius 3 is 2.59 bits per heavy atom. The summed E-state index contributed by atoms with van der Waals surface area (Å²) in [5, 5.41) is 9.97. The van der Waals surface area contributed by atoms with Crippen molar-refractivity contribution in [3.8, 4) is 5.75 Å². The van der Waals surface area contributed by atoms with Gasteiger partial charge in [-0.25, -0.2) is 9.78 Å². The van der Waals surface area contributed by atoms with Crippen molar-refractivity contribution in [3.05, 3.63) is 59.4 Å². The quantitative estimate of drug-likeness (QED) is 0.791. The van der Waals surface area contributed by atoms with Gasteiger partial charge in [0, 0.05) is 0 Å². The van der Waals surface area contributed by atoms with E-state index in [2.05, 4.69) is 4.98 Å². The van der Waals surface area contributed by atoms with Gasteiger partial charge in [0.1, 0.15) is 11.3 Å². The molecular formula is C16H12ClNO4. The smallest absolute Gasteiger partial charge is 0.357 e. The Labute approximate surface area is 131 Å². The first kappa shape index (κ1) is 14.4. The van der Waals surface area contributed by atoms with E-state index < -0.39 is 11.6 Å². The molecule has 0 saturated carbocycles. The highest BCUT2D eigenvalue weighted by Gasteiger charge is 2.43. The third-order valence-corrected chi connectivity index (χ3v) is 3.56. The van der Waals surface area contributed by atoms with Crippen LogP contribution in [0.1, 0.15) is 12.8 Å². The molecule has 1 heterocycles. The van der Waals surface area contributed by atoms with Crippen molar-refractivity contribution >= 4 is 28.7 Å². The zero-order valence-corrected chi connectivity index (χ0v) is 12.4. The summed E-state index contributed by atoms with van der Waals surface area (Å²) < 4.78 is 11.2. The molecule has 1 atom stereocenters. The second-order valence-electron chi connectivity index (χ2n) is 4.86. The Morgan fingerprint density at radius 1 is 1.23 bits per heavy atom. The van der Waals surface area contributed by atoms with Crippen LogP contribution in [0.15, 0.2) is 52.9 Å². The molecule has 0 amide bonds. The zero-order valence-electron chi connectivity index (χ0n) is 11.6. The molecule has 1 aromatic heterocycles. The summed E-state index contributed by atoms with van der Waals surface area (Å²) in [4.78, 5) is 15.9. The van der Waals surface area contributed by atoms with Gasteiger partial charge in [0.25, 0.3) is 11.5 Å². The molecule has 0 fully saturated rings. The Bertz CT molecular complexity index is 831. The van der Waals surface area contributed by atoms with Crippen molar-refractivity contribution in [2.45, 2.75) is 12.5 Å². The van der Waals surface area contributed by atoms with Crippen LogP contribution < -0.4 is 4.74 Å². The van der Waals surface area contributed by atoms with E-state index in [1.807, 2.05) is 6.07 Å². The second kappa shape index (κ2) is 5.35. The number of benzene rings is 2. The van der Waals surface area contributed by atoms with E-state index in [0.29, 0.717) is 21.9 Å². The van der Waals surface area contributed by atoms with E-state index in [9.17, 15) is 9.90 Å². The standard InChI is InChI=1S/C16H12ClNO4/c1-16(15(19)20,22-10-6-3-2-4-7-10)14-18-13-11(17)8-5-9-12(13)21-14/h2-9H,1H3,(H,19,20). The first-order valence-electron chi connectivity index (χ1n) is 6.54. The van der Waals surface area contributed by atoms with Crippen LogP contribution in [0.5, 0.6) is 5.75 Å². The molecule has 2 aromatic carbocycles. The van der Waals surface area contributed by atoms with Crippen molar-refractivity contribution < 1.29 is 19.1 Å². The van der Waals surface area contributed by atoms with Crippen LogP contribution in [0, 0.1) is 0 Å². The van der Waals surface area contributed by atoms with E-state index in [4.69, 9.17) is 20.8 Å². The first-order valence-corrected chi connectivity index (χ1v) is 6.91. The van der Waals surface area contributed by atoms with Crippen molar-refractivity contribution in [2.75, 3.05) is 0 Å². The number of carboxylic acids is 1. The van der Waals surface area contributed by atoms with Crippen molar-refractivity contribution in [3.63, 3.8) is 0 Å². The van der Waals surface area contributed by atoms with E-state index >= 15 is 0 Å². The van der Waals surface area contributed by atoms with Crippen LogP contribution >= 0.6 is 11.6 Å². The minimum atomic E-state index is -1.76. The number of rotatable bonds is 4. The van der Waals surface area contributed by atoms with Crippen LogP contribution in [0.4, 0.5) is 0 Å². The molecule has 112 valence electrons. The minimum absolute atomic E-state index is 0.0630. The largest absolute Gasteiger partial charge is 0.478 e. The van der Waals surface area contributed by atoms with E-state index in [1.54, 1.807) is 42.5 Å². The van der Waals surface area contributed by atoms with Crippen LogP contribution in [-0.4, -0.2) is 16.1 Å². The Morgan fingerprint density at radius 2 is 1.95 bits per heavy atom. The fraction of sp³-hybridized carbons (Fsp3) is 0.125. The molecule has 0 saturated heterocycles. The fourth-order valence-electron chi connectivity index (χ4n) is 2.02. The predicted octanol–water partition coefficient (Wildman–Crippen LogP) is 3.86. The molecule has 22 heavy (non-hydrogen) atoms. The average molecular weight is 318 g/mol. The van der Waals surface area contributed by atoms with Gasteiger partial charge >= 0.3 is 5.97 Å². The van der Waals surface area contributed by atoms with Gasteiger partial charge in [0.15, 0.2) is 5.58 Å². The number of hydrogen-bond acceptors (Lipinski definition) is 4. The molecule has 0 aliphatic rings. The summed E-state index contributed by atoms with van der Waals surface area (Å²) in [6, 6.07) is 13.7. The topological polar surface area (TPSA) is 72.6 Å². The fourth-order valence-corrected chi connectivity index (χ4v) is 2.23. The summed E-state index contributed by atoms with van der Waals surface area (Å²) in [6.45, 7) is 1.39. The van der Waals surface area contributed by atoms with Gasteiger partial charge in [0.05, 0.1) is 5.02 Å². The predicted molar refractivity (Wildman–Crippen MR) is 81.1 cm³/mol. The lowest BCUT2D eigenvalue weighted by atomic mass is 10.1. The average Bonchev–Trinajstić information content (AvgIpc) is 2.94. The summed E-state index contributed by atoms with van der Waals surface area (Å²) in [5.41, 5.74) is -0.945. The number of ether oxygens (including phenoxy) is 1. The van der Waals surface area contributed by atoms with Crippen LogP contribution in [0.25, 0.3) is 11.1 Å². The number of fused-ring (bicyclic) bond motifs is 1. The number of hydrogen-bond donors (Lipinski definition) is 1. The number of carbonyl (C=O) groups is 1. The molecule has 0 spiro atoms. The van der Waals surface area contributed by atoms with Crippen LogP contribution in [-0.2, 0) is 10.4 Å². The lowest BCUT2D eigenvalue weighted by Gasteiger charge is -2.22. The normalized spacial score (nSPS) is 13.7. The highest BCUT2D eigenvalue weighted by molar-refractivity contribution is 6.34. The molecule has 5 nitrogen and oxygen atoms in total. The van der Waals surface area contributed by atoms with Crippen molar-refractivity contribution in [2.24, 2.45) is 0 Å². The lowest BCUT2D eigenvalue weighted by molar-refractivity contribution is -0.156. The Kier molecular flexibility index (Phi) is 3.50. The third-order valence-electron chi connectivity index (χ3n) is 3.25. The zero-order chi connectivity index (χ0) is 15.7. The molecule has 3 aromatic rings. The van der Waals surface area contributed by atoms with Crippen LogP contribution in [0.2, 0.25) is 5.02 Å². The highest BCUT2D eigenvalue weighted by Crippen LogP contribution is 2.32. The number of oxazole rings is 1. The van der Waals surface area contributed by atoms with E-state index in [0.717, 1.165) is 0 Å². The maximum absolute atomic E-state index is 11.7.